The zero-order valence-corrected chi connectivity index (χ0v) is 17.2. The second-order valence-electron chi connectivity index (χ2n) is 7.24. The van der Waals surface area contributed by atoms with Gasteiger partial charge in [0.15, 0.2) is 0 Å². The summed E-state index contributed by atoms with van der Waals surface area (Å²) in [5.74, 6) is 9.21. The number of rotatable bonds is 1. The van der Waals surface area contributed by atoms with E-state index in [-0.39, 0.29) is 0 Å². The molecule has 29 heavy (non-hydrogen) atoms. The first-order valence-corrected chi connectivity index (χ1v) is 10.4. The van der Waals surface area contributed by atoms with Crippen LogP contribution in [0.2, 0.25) is 0 Å². The second-order valence-corrected chi connectivity index (χ2v) is 8.62. The topological polar surface area (TPSA) is 26.3 Å². The molecule has 0 aliphatic carbocycles. The van der Waals surface area contributed by atoms with Crippen molar-refractivity contribution in [3.63, 3.8) is 0 Å². The van der Waals surface area contributed by atoms with E-state index in [2.05, 4.69) is 61.1 Å². The van der Waals surface area contributed by atoms with Crippen LogP contribution in [0.3, 0.4) is 0 Å². The van der Waals surface area contributed by atoms with Crippen LogP contribution in [0.5, 0.6) is 0 Å². The summed E-state index contributed by atoms with van der Waals surface area (Å²) < 4.78 is 12.3. The van der Waals surface area contributed by atoms with Crippen LogP contribution < -0.4 is 0 Å². The predicted molar refractivity (Wildman–Crippen MR) is 123 cm³/mol. The number of thioether (sulfide) groups is 1. The molecule has 0 amide bonds. The first-order chi connectivity index (χ1) is 14.1. The molecule has 2 heterocycles. The summed E-state index contributed by atoms with van der Waals surface area (Å²) in [7, 11) is 0. The zero-order chi connectivity index (χ0) is 20.0. The number of hydrogen-bond donors (Lipinski definition) is 0. The average Bonchev–Trinajstić information content (AvgIpc) is 3.22. The lowest BCUT2D eigenvalue weighted by molar-refractivity contribution is 0.664. The summed E-state index contributed by atoms with van der Waals surface area (Å²) in [4.78, 5) is 0. The highest BCUT2D eigenvalue weighted by Gasteiger charge is 2.13. The van der Waals surface area contributed by atoms with Crippen LogP contribution in [0.15, 0.2) is 57.4 Å². The minimum absolute atomic E-state index is 0.493. The molecule has 0 fully saturated rings. The number of fused-ring (bicyclic) bond motifs is 6. The Morgan fingerprint density at radius 3 is 1.72 bits per heavy atom. The van der Waals surface area contributed by atoms with Gasteiger partial charge in [0, 0.05) is 37.9 Å². The fourth-order valence-electron chi connectivity index (χ4n) is 3.55. The van der Waals surface area contributed by atoms with Crippen molar-refractivity contribution in [1.82, 2.24) is 0 Å². The van der Waals surface area contributed by atoms with Crippen molar-refractivity contribution >= 4 is 55.6 Å². The van der Waals surface area contributed by atoms with E-state index in [1.807, 2.05) is 31.2 Å². The van der Waals surface area contributed by atoms with E-state index in [4.69, 9.17) is 8.83 Å². The summed E-state index contributed by atoms with van der Waals surface area (Å²) in [6.45, 7) is 6.11. The highest BCUT2D eigenvalue weighted by Crippen LogP contribution is 2.37. The third-order valence-corrected chi connectivity index (χ3v) is 5.52. The largest absolute Gasteiger partial charge is 0.456 e. The van der Waals surface area contributed by atoms with Gasteiger partial charge in [0.1, 0.15) is 22.3 Å². The van der Waals surface area contributed by atoms with E-state index in [1.54, 1.807) is 11.8 Å². The molecule has 3 aromatic carbocycles. The lowest BCUT2D eigenvalue weighted by Gasteiger charge is -1.94. The minimum Gasteiger partial charge on any atom is -0.456 e. The molecule has 3 heteroatoms. The monoisotopic (exact) mass is 394 g/mol. The number of benzene rings is 3. The van der Waals surface area contributed by atoms with E-state index in [0.717, 1.165) is 55.0 Å². The van der Waals surface area contributed by atoms with Crippen LogP contribution in [0.4, 0.5) is 0 Å². The normalized spacial score (nSPS) is 11.2. The van der Waals surface area contributed by atoms with Gasteiger partial charge in [-0.1, -0.05) is 37.5 Å². The standard InChI is InChI=1S/C26H18O2S/c1-4-5-17-6-8-19-21-14-26-22(15-25(21)27-23(19)12-17)20-9-7-18(13-24(20)28-26)10-11-29-16(2)3/h6-9,12-16H,1-3H3. The molecule has 0 atom stereocenters. The van der Waals surface area contributed by atoms with Gasteiger partial charge in [-0.05, 0) is 60.7 Å². The molecule has 140 valence electrons. The Bertz CT molecular complexity index is 1520. The molecule has 0 unspecified atom stereocenters. The molecule has 0 N–H and O–H groups in total. The molecule has 0 radical (unpaired) electrons. The van der Waals surface area contributed by atoms with Gasteiger partial charge in [-0.3, -0.25) is 0 Å². The van der Waals surface area contributed by atoms with E-state index < -0.39 is 0 Å². The third kappa shape index (κ3) is 3.15. The minimum atomic E-state index is 0.493. The van der Waals surface area contributed by atoms with E-state index >= 15 is 0 Å². The smallest absolute Gasteiger partial charge is 0.136 e. The fraction of sp³-hybridized carbons (Fsp3) is 0.154. The Balaban J connectivity index is 1.67. The molecule has 2 aromatic heterocycles. The van der Waals surface area contributed by atoms with Crippen LogP contribution in [0.1, 0.15) is 31.9 Å². The van der Waals surface area contributed by atoms with Crippen LogP contribution in [-0.2, 0) is 0 Å². The number of hydrogen-bond acceptors (Lipinski definition) is 3. The van der Waals surface area contributed by atoms with Crippen LogP contribution >= 0.6 is 11.8 Å². The van der Waals surface area contributed by atoms with Crippen LogP contribution in [0.25, 0.3) is 43.9 Å². The van der Waals surface area contributed by atoms with Crippen molar-refractivity contribution in [1.29, 1.82) is 0 Å². The molecular weight excluding hydrogens is 376 g/mol. The Morgan fingerprint density at radius 2 is 1.21 bits per heavy atom. The Morgan fingerprint density at radius 1 is 0.690 bits per heavy atom. The first kappa shape index (κ1) is 17.8. The van der Waals surface area contributed by atoms with E-state index in [9.17, 15) is 0 Å². The highest BCUT2D eigenvalue weighted by molar-refractivity contribution is 8.04. The molecule has 0 spiro atoms. The molecule has 0 saturated carbocycles. The summed E-state index contributed by atoms with van der Waals surface area (Å²) in [5, 5.41) is 7.89. The zero-order valence-electron chi connectivity index (χ0n) is 16.4. The molecule has 0 bridgehead atoms. The Hall–Kier alpha value is -3.27. The molecule has 0 aliphatic heterocycles. The van der Waals surface area contributed by atoms with Crippen LogP contribution in [-0.4, -0.2) is 5.25 Å². The third-order valence-electron chi connectivity index (χ3n) is 4.82. The van der Waals surface area contributed by atoms with Crippen molar-refractivity contribution in [2.24, 2.45) is 0 Å². The van der Waals surface area contributed by atoms with Gasteiger partial charge in [0.05, 0.1) is 0 Å². The van der Waals surface area contributed by atoms with Crippen molar-refractivity contribution in [3.05, 3.63) is 59.7 Å². The Kier molecular flexibility index (Phi) is 4.27. The molecule has 0 aliphatic rings. The van der Waals surface area contributed by atoms with Crippen molar-refractivity contribution in [2.75, 3.05) is 0 Å². The molecule has 5 aromatic rings. The summed E-state index contributed by atoms with van der Waals surface area (Å²) >= 11 is 1.63. The SMILES string of the molecule is CC#Cc1ccc2c(c1)oc1cc3c(cc12)oc1cc(C#CSC(C)C)ccc13. The first-order valence-electron chi connectivity index (χ1n) is 9.54. The van der Waals surface area contributed by atoms with Gasteiger partial charge in [0.25, 0.3) is 0 Å². The maximum absolute atomic E-state index is 6.17. The summed E-state index contributed by atoms with van der Waals surface area (Å²) in [6.07, 6.45) is 0. The van der Waals surface area contributed by atoms with Gasteiger partial charge in [-0.25, -0.2) is 0 Å². The second kappa shape index (κ2) is 6.96. The molecular formula is C26H18O2S. The quantitative estimate of drug-likeness (QED) is 0.279. The summed E-state index contributed by atoms with van der Waals surface area (Å²) in [5.41, 5.74) is 5.32. The fourth-order valence-corrected chi connectivity index (χ4v) is 3.96. The summed E-state index contributed by atoms with van der Waals surface area (Å²) in [6, 6.07) is 16.4. The predicted octanol–water partition coefficient (Wildman–Crippen LogP) is 7.31. The maximum Gasteiger partial charge on any atom is 0.136 e. The van der Waals surface area contributed by atoms with E-state index in [0.29, 0.717) is 5.25 Å². The molecule has 2 nitrogen and oxygen atoms in total. The van der Waals surface area contributed by atoms with Crippen molar-refractivity contribution in [2.45, 2.75) is 26.0 Å². The van der Waals surface area contributed by atoms with E-state index in [1.165, 1.54) is 0 Å². The molecule has 0 saturated heterocycles. The highest BCUT2D eigenvalue weighted by atomic mass is 32.2. The Labute approximate surface area is 173 Å². The van der Waals surface area contributed by atoms with Gasteiger partial charge < -0.3 is 8.83 Å². The lowest BCUT2D eigenvalue weighted by atomic mass is 10.1. The average molecular weight is 394 g/mol. The van der Waals surface area contributed by atoms with Gasteiger partial charge in [-0.15, -0.1) is 5.92 Å². The maximum atomic E-state index is 6.17. The van der Waals surface area contributed by atoms with Crippen molar-refractivity contribution in [3.8, 4) is 23.0 Å². The van der Waals surface area contributed by atoms with Gasteiger partial charge in [-0.2, -0.15) is 0 Å². The van der Waals surface area contributed by atoms with Crippen LogP contribution in [0, 0.1) is 23.0 Å². The number of furan rings is 2. The van der Waals surface area contributed by atoms with Gasteiger partial charge >= 0.3 is 0 Å². The molecule has 5 rings (SSSR count). The van der Waals surface area contributed by atoms with Crippen molar-refractivity contribution < 1.29 is 8.83 Å². The van der Waals surface area contributed by atoms with Gasteiger partial charge in [0.2, 0.25) is 0 Å². The lowest BCUT2D eigenvalue weighted by Crippen LogP contribution is -1.81.